The Bertz CT molecular complexity index is 1760. The molecular weight excluding hydrogens is 528 g/mol. The van der Waals surface area contributed by atoms with Crippen LogP contribution in [0.4, 0.5) is 5.69 Å². The van der Waals surface area contributed by atoms with Crippen LogP contribution < -0.4 is 10.1 Å². The summed E-state index contributed by atoms with van der Waals surface area (Å²) in [5, 5.41) is 3.40. The summed E-state index contributed by atoms with van der Waals surface area (Å²) in [6.07, 6.45) is 4.58. The normalized spacial score (nSPS) is 15.4. The summed E-state index contributed by atoms with van der Waals surface area (Å²) >= 11 is 0. The maximum Gasteiger partial charge on any atom is 0.339 e. The minimum atomic E-state index is -0.552. The molecule has 0 bridgehead atoms. The summed E-state index contributed by atoms with van der Waals surface area (Å²) in [6, 6.07) is 20.9. The summed E-state index contributed by atoms with van der Waals surface area (Å²) < 4.78 is 11.0. The number of rotatable bonds is 5. The summed E-state index contributed by atoms with van der Waals surface area (Å²) in [6.45, 7) is 6.09. The van der Waals surface area contributed by atoms with E-state index in [-0.39, 0.29) is 23.7 Å². The highest BCUT2D eigenvalue weighted by atomic mass is 16.5. The minimum absolute atomic E-state index is 0.0670. The van der Waals surface area contributed by atoms with Crippen LogP contribution in [0.1, 0.15) is 76.7 Å². The molecule has 0 fully saturated rings. The van der Waals surface area contributed by atoms with Gasteiger partial charge in [-0.1, -0.05) is 63.2 Å². The number of ether oxygens (including phenoxy) is 2. The van der Waals surface area contributed by atoms with Gasteiger partial charge < -0.3 is 14.8 Å². The topological polar surface area (TPSA) is 94.6 Å². The smallest absolute Gasteiger partial charge is 0.339 e. The highest BCUT2D eigenvalue weighted by Crippen LogP contribution is 2.37. The number of fused-ring (bicyclic) bond motifs is 3. The first kappa shape index (κ1) is 27.4. The Hall–Kier alpha value is -4.78. The zero-order chi connectivity index (χ0) is 29.4. The molecule has 2 aliphatic rings. The first-order chi connectivity index (χ1) is 20.2. The lowest BCUT2D eigenvalue weighted by atomic mass is 9.85. The predicted molar refractivity (Wildman–Crippen MR) is 163 cm³/mol. The Morgan fingerprint density at radius 2 is 1.81 bits per heavy atom. The summed E-state index contributed by atoms with van der Waals surface area (Å²) in [7, 11) is 0. The average molecular weight is 561 g/mol. The van der Waals surface area contributed by atoms with Gasteiger partial charge in [0.15, 0.2) is 19.0 Å². The number of aromatic nitrogens is 1. The van der Waals surface area contributed by atoms with Gasteiger partial charge in [0.25, 0.3) is 5.91 Å². The summed E-state index contributed by atoms with van der Waals surface area (Å²) in [5.74, 6) is -0.726. The number of para-hydroxylation sites is 1. The van der Waals surface area contributed by atoms with Gasteiger partial charge >= 0.3 is 5.97 Å². The lowest BCUT2D eigenvalue weighted by molar-refractivity contribution is -0.118. The third kappa shape index (κ3) is 5.42. The third-order valence-corrected chi connectivity index (χ3v) is 7.76. The van der Waals surface area contributed by atoms with Gasteiger partial charge in [0.1, 0.15) is 5.75 Å². The van der Waals surface area contributed by atoms with Gasteiger partial charge in [-0.05, 0) is 77.3 Å². The van der Waals surface area contributed by atoms with Crippen LogP contribution in [0.15, 0.2) is 66.7 Å². The maximum absolute atomic E-state index is 13.6. The number of carbonyl (C=O) groups is 3. The number of ketones is 1. The number of hydrogen-bond donors (Lipinski definition) is 1. The molecule has 1 aliphatic heterocycles. The quantitative estimate of drug-likeness (QED) is 0.214. The van der Waals surface area contributed by atoms with Crippen molar-refractivity contribution in [3.63, 3.8) is 0 Å². The second-order valence-electron chi connectivity index (χ2n) is 11.8. The van der Waals surface area contributed by atoms with E-state index < -0.39 is 12.6 Å². The third-order valence-electron chi connectivity index (χ3n) is 7.76. The van der Waals surface area contributed by atoms with E-state index in [1.54, 1.807) is 12.1 Å². The molecule has 0 saturated heterocycles. The van der Waals surface area contributed by atoms with Crippen LogP contribution in [-0.2, 0) is 21.4 Å². The fraction of sp³-hybridized carbons (Fsp3) is 0.257. The number of pyridine rings is 1. The lowest BCUT2D eigenvalue weighted by Gasteiger charge is -2.23. The molecule has 212 valence electrons. The van der Waals surface area contributed by atoms with Gasteiger partial charge in [0, 0.05) is 10.9 Å². The van der Waals surface area contributed by atoms with E-state index in [2.05, 4.69) is 56.4 Å². The number of allylic oxidation sites excluding steroid dienone is 1. The van der Waals surface area contributed by atoms with Crippen molar-refractivity contribution in [1.29, 1.82) is 0 Å². The molecule has 0 spiro atoms. The van der Waals surface area contributed by atoms with Crippen molar-refractivity contribution in [3.05, 3.63) is 100 Å². The van der Waals surface area contributed by atoms with Gasteiger partial charge in [0.05, 0.1) is 22.5 Å². The molecule has 42 heavy (non-hydrogen) atoms. The molecule has 7 nitrogen and oxygen atoms in total. The number of carbonyl (C=O) groups excluding carboxylic acids is 3. The lowest BCUT2D eigenvalue weighted by Crippen LogP contribution is -2.25. The Kier molecular flexibility index (Phi) is 7.11. The second-order valence-corrected chi connectivity index (χ2v) is 11.8. The molecule has 1 aromatic heterocycles. The molecule has 1 N–H and O–H groups in total. The van der Waals surface area contributed by atoms with Crippen LogP contribution in [-0.4, -0.2) is 35.9 Å². The van der Waals surface area contributed by atoms with Crippen LogP contribution >= 0.6 is 0 Å². The van der Waals surface area contributed by atoms with Crippen molar-refractivity contribution in [2.45, 2.75) is 45.4 Å². The number of benzene rings is 3. The van der Waals surface area contributed by atoms with Crippen molar-refractivity contribution >= 4 is 45.9 Å². The minimum Gasteiger partial charge on any atom is -0.482 e. The highest BCUT2D eigenvalue weighted by Gasteiger charge is 2.27. The fourth-order valence-electron chi connectivity index (χ4n) is 5.53. The van der Waals surface area contributed by atoms with E-state index in [4.69, 9.17) is 14.5 Å². The number of Topliss-reactive ketones (excluding diaryl/α,β-unsaturated/α-hetero) is 1. The molecule has 0 radical (unpaired) electrons. The summed E-state index contributed by atoms with van der Waals surface area (Å²) in [4.78, 5) is 43.3. The predicted octanol–water partition coefficient (Wildman–Crippen LogP) is 6.78. The number of nitrogens with zero attached hydrogens (tertiary/aromatic N) is 1. The second kappa shape index (κ2) is 10.9. The van der Waals surface area contributed by atoms with E-state index >= 15 is 0 Å². The van der Waals surface area contributed by atoms with Crippen LogP contribution in [0.2, 0.25) is 0 Å². The van der Waals surface area contributed by atoms with E-state index in [1.807, 2.05) is 24.3 Å². The van der Waals surface area contributed by atoms with Gasteiger partial charge in [-0.25, -0.2) is 9.78 Å². The number of esters is 1. The largest absolute Gasteiger partial charge is 0.482 e. The number of anilines is 1. The number of amides is 1. The van der Waals surface area contributed by atoms with Gasteiger partial charge in [-0.2, -0.15) is 0 Å². The Balaban J connectivity index is 1.30. The van der Waals surface area contributed by atoms with Gasteiger partial charge in [-0.15, -0.1) is 0 Å². The monoisotopic (exact) mass is 560 g/mol. The van der Waals surface area contributed by atoms with Crippen molar-refractivity contribution in [2.75, 3.05) is 18.5 Å². The van der Waals surface area contributed by atoms with E-state index in [0.29, 0.717) is 39.9 Å². The van der Waals surface area contributed by atoms with Crippen LogP contribution in [0, 0.1) is 0 Å². The molecule has 0 saturated carbocycles. The van der Waals surface area contributed by atoms with Gasteiger partial charge in [0.2, 0.25) is 0 Å². The van der Waals surface area contributed by atoms with E-state index in [1.165, 1.54) is 11.6 Å². The zero-order valence-electron chi connectivity index (χ0n) is 24.0. The SMILES string of the molecule is CC(C)(C)c1ccc(/C=C2\CCCc3c2nc2ccccc2c3C(=O)OCC(=O)c2ccc3c(c2)NC(=O)CO3)cc1. The van der Waals surface area contributed by atoms with E-state index in [0.717, 1.165) is 35.2 Å². The molecular formula is C35H32N2O5. The van der Waals surface area contributed by atoms with Crippen molar-refractivity contribution in [1.82, 2.24) is 4.98 Å². The Morgan fingerprint density at radius 3 is 2.60 bits per heavy atom. The Labute approximate surface area is 244 Å². The first-order valence-corrected chi connectivity index (χ1v) is 14.2. The summed E-state index contributed by atoms with van der Waals surface area (Å²) in [5.41, 5.74) is 7.07. The maximum atomic E-state index is 13.6. The molecule has 3 aromatic carbocycles. The number of hydrogen-bond acceptors (Lipinski definition) is 6. The molecule has 1 aliphatic carbocycles. The van der Waals surface area contributed by atoms with Crippen LogP contribution in [0.3, 0.4) is 0 Å². The van der Waals surface area contributed by atoms with Crippen molar-refractivity contribution < 1.29 is 23.9 Å². The van der Waals surface area contributed by atoms with Crippen molar-refractivity contribution in [3.8, 4) is 5.75 Å². The molecule has 7 heteroatoms. The zero-order valence-corrected chi connectivity index (χ0v) is 24.0. The number of nitrogens with one attached hydrogen (secondary N) is 1. The molecule has 1 amide bonds. The fourth-order valence-corrected chi connectivity index (χ4v) is 5.53. The standard InChI is InChI=1S/C35H32N2O5/c1-35(2,3)24-14-11-21(12-15-24)17-23-7-6-9-26-32(25-8-4-5-10-27(25)37-33(23)26)34(40)42-19-29(38)22-13-16-30-28(18-22)36-31(39)20-41-30/h4-5,8,10-18H,6-7,9,19-20H2,1-3H3,(H,36,39)/b23-17+. The highest BCUT2D eigenvalue weighted by molar-refractivity contribution is 6.08. The van der Waals surface area contributed by atoms with Gasteiger partial charge in [-0.3, -0.25) is 9.59 Å². The molecule has 6 rings (SSSR count). The first-order valence-electron chi connectivity index (χ1n) is 14.2. The molecule has 2 heterocycles. The van der Waals surface area contributed by atoms with Crippen LogP contribution in [0.25, 0.3) is 22.6 Å². The van der Waals surface area contributed by atoms with Crippen molar-refractivity contribution in [2.24, 2.45) is 0 Å². The molecule has 0 atom stereocenters. The average Bonchev–Trinajstić information content (AvgIpc) is 2.98. The molecule has 4 aromatic rings. The van der Waals surface area contributed by atoms with Crippen LogP contribution in [0.5, 0.6) is 5.75 Å². The van der Waals surface area contributed by atoms with E-state index in [9.17, 15) is 14.4 Å². The molecule has 0 unspecified atom stereocenters. The Morgan fingerprint density at radius 1 is 1.02 bits per heavy atom.